The zero-order valence-electron chi connectivity index (χ0n) is 10.9. The number of aromatic amines is 1. The number of anilines is 1. The van der Waals surface area contributed by atoms with Gasteiger partial charge in [0.1, 0.15) is 5.82 Å². The topological polar surface area (TPSA) is 62.8 Å². The van der Waals surface area contributed by atoms with Crippen LogP contribution in [0.25, 0.3) is 11.4 Å². The van der Waals surface area contributed by atoms with Gasteiger partial charge in [-0.15, -0.1) is 0 Å². The summed E-state index contributed by atoms with van der Waals surface area (Å²) >= 11 is 0. The van der Waals surface area contributed by atoms with Crippen LogP contribution in [0.15, 0.2) is 24.3 Å². The Bertz CT molecular complexity index is 509. The van der Waals surface area contributed by atoms with E-state index < -0.39 is 0 Å². The minimum Gasteiger partial charge on any atom is -0.383 e. The first-order valence-corrected chi connectivity index (χ1v) is 5.94. The average molecular weight is 246 g/mol. The summed E-state index contributed by atoms with van der Waals surface area (Å²) in [6.07, 6.45) is 0. The summed E-state index contributed by atoms with van der Waals surface area (Å²) in [6, 6.07) is 8.23. The third-order valence-electron chi connectivity index (χ3n) is 2.58. The normalized spacial score (nSPS) is 12.4. The van der Waals surface area contributed by atoms with Gasteiger partial charge < -0.3 is 10.1 Å². The summed E-state index contributed by atoms with van der Waals surface area (Å²) < 4.78 is 5.13. The van der Waals surface area contributed by atoms with Crippen LogP contribution in [-0.4, -0.2) is 34.9 Å². The molecule has 0 aliphatic carbocycles. The van der Waals surface area contributed by atoms with Gasteiger partial charge in [0.2, 0.25) is 0 Å². The van der Waals surface area contributed by atoms with E-state index in [2.05, 4.69) is 27.4 Å². The van der Waals surface area contributed by atoms with Crippen LogP contribution in [0.3, 0.4) is 0 Å². The van der Waals surface area contributed by atoms with Crippen molar-refractivity contribution in [3.8, 4) is 11.4 Å². The Morgan fingerprint density at radius 2 is 2.17 bits per heavy atom. The van der Waals surface area contributed by atoms with Gasteiger partial charge in [-0.25, -0.2) is 4.98 Å². The highest BCUT2D eigenvalue weighted by molar-refractivity contribution is 5.73. The lowest BCUT2D eigenvalue weighted by atomic mass is 10.1. The van der Waals surface area contributed by atoms with E-state index in [1.54, 1.807) is 7.11 Å². The molecule has 0 radical (unpaired) electrons. The van der Waals surface area contributed by atoms with E-state index in [0.717, 1.165) is 17.1 Å². The molecule has 1 atom stereocenters. The Balaban J connectivity index is 2.25. The van der Waals surface area contributed by atoms with Crippen molar-refractivity contribution in [3.05, 3.63) is 30.1 Å². The molecule has 0 bridgehead atoms. The van der Waals surface area contributed by atoms with E-state index in [1.807, 2.05) is 31.2 Å². The monoisotopic (exact) mass is 246 g/mol. The first kappa shape index (κ1) is 12.6. The van der Waals surface area contributed by atoms with Gasteiger partial charge in [-0.2, -0.15) is 5.10 Å². The second-order valence-corrected chi connectivity index (χ2v) is 4.29. The molecule has 1 unspecified atom stereocenters. The van der Waals surface area contributed by atoms with Gasteiger partial charge in [0.05, 0.1) is 6.61 Å². The largest absolute Gasteiger partial charge is 0.383 e. The maximum atomic E-state index is 5.13. The minimum absolute atomic E-state index is 0.233. The Morgan fingerprint density at radius 3 is 2.83 bits per heavy atom. The molecule has 0 spiro atoms. The quantitative estimate of drug-likeness (QED) is 0.849. The number of H-pyrrole nitrogens is 1. The Labute approximate surface area is 107 Å². The number of hydrogen-bond donors (Lipinski definition) is 2. The number of nitrogens with one attached hydrogen (secondary N) is 2. The fraction of sp³-hybridized carbons (Fsp3) is 0.385. The van der Waals surface area contributed by atoms with Crippen molar-refractivity contribution >= 4 is 5.69 Å². The fourth-order valence-electron chi connectivity index (χ4n) is 1.82. The first-order chi connectivity index (χ1) is 8.70. The smallest absolute Gasteiger partial charge is 0.183 e. The minimum atomic E-state index is 0.233. The zero-order valence-corrected chi connectivity index (χ0v) is 10.9. The van der Waals surface area contributed by atoms with E-state index in [4.69, 9.17) is 4.74 Å². The van der Waals surface area contributed by atoms with Gasteiger partial charge in [0, 0.05) is 24.4 Å². The number of nitrogens with zero attached hydrogens (tertiary/aromatic N) is 2. The average Bonchev–Trinajstić information content (AvgIpc) is 2.77. The van der Waals surface area contributed by atoms with Crippen LogP contribution in [0.1, 0.15) is 12.7 Å². The van der Waals surface area contributed by atoms with Gasteiger partial charge in [-0.3, -0.25) is 5.10 Å². The molecule has 5 heteroatoms. The highest BCUT2D eigenvalue weighted by Crippen LogP contribution is 2.25. The summed E-state index contributed by atoms with van der Waals surface area (Å²) in [5, 5.41) is 10.5. The lowest BCUT2D eigenvalue weighted by molar-refractivity contribution is 0.190. The molecule has 2 rings (SSSR count). The van der Waals surface area contributed by atoms with Gasteiger partial charge in [-0.1, -0.05) is 12.1 Å². The molecule has 0 saturated heterocycles. The molecule has 2 aromatic rings. The number of methoxy groups -OCH3 is 1. The van der Waals surface area contributed by atoms with E-state index in [-0.39, 0.29) is 6.04 Å². The molecule has 1 aromatic carbocycles. The van der Waals surface area contributed by atoms with Gasteiger partial charge in [-0.05, 0) is 26.0 Å². The molecular formula is C13H18N4O. The Morgan fingerprint density at radius 1 is 1.39 bits per heavy atom. The lowest BCUT2D eigenvalue weighted by Crippen LogP contribution is -2.21. The van der Waals surface area contributed by atoms with Crippen molar-refractivity contribution in [2.45, 2.75) is 19.9 Å². The number of hydrogen-bond acceptors (Lipinski definition) is 4. The van der Waals surface area contributed by atoms with Gasteiger partial charge in [0.15, 0.2) is 5.82 Å². The Hall–Kier alpha value is -1.88. The molecule has 0 amide bonds. The van der Waals surface area contributed by atoms with Crippen LogP contribution >= 0.6 is 0 Å². The third-order valence-corrected chi connectivity index (χ3v) is 2.58. The van der Waals surface area contributed by atoms with E-state index in [0.29, 0.717) is 12.4 Å². The van der Waals surface area contributed by atoms with Gasteiger partial charge >= 0.3 is 0 Å². The molecule has 2 N–H and O–H groups in total. The molecule has 0 aliphatic heterocycles. The molecule has 5 nitrogen and oxygen atoms in total. The first-order valence-electron chi connectivity index (χ1n) is 5.94. The molecule has 1 heterocycles. The standard InChI is InChI=1S/C13H18N4O/c1-9(8-18-3)14-12-7-5-4-6-11(12)13-15-10(2)16-17-13/h4-7,9,14H,8H2,1-3H3,(H,15,16,17). The predicted octanol–water partition coefficient (Wildman–Crippen LogP) is 2.23. The number of para-hydroxylation sites is 1. The van der Waals surface area contributed by atoms with E-state index in [9.17, 15) is 0 Å². The number of aryl methyl sites for hydroxylation is 1. The van der Waals surface area contributed by atoms with Crippen LogP contribution in [0.5, 0.6) is 0 Å². The summed E-state index contributed by atoms with van der Waals surface area (Å²) in [7, 11) is 1.70. The SMILES string of the molecule is COCC(C)Nc1ccccc1-c1n[nH]c(C)n1. The van der Waals surface area contributed by atoms with Crippen molar-refractivity contribution in [3.63, 3.8) is 0 Å². The number of aromatic nitrogens is 3. The highest BCUT2D eigenvalue weighted by atomic mass is 16.5. The maximum absolute atomic E-state index is 5.13. The molecule has 0 aliphatic rings. The van der Waals surface area contributed by atoms with Crippen LogP contribution in [-0.2, 0) is 4.74 Å². The lowest BCUT2D eigenvalue weighted by Gasteiger charge is -2.16. The Kier molecular flexibility index (Phi) is 3.94. The number of benzene rings is 1. The summed E-state index contributed by atoms with van der Waals surface area (Å²) in [5.74, 6) is 1.52. The summed E-state index contributed by atoms with van der Waals surface area (Å²) in [5.41, 5.74) is 2.01. The van der Waals surface area contributed by atoms with Crippen LogP contribution in [0.2, 0.25) is 0 Å². The molecule has 0 saturated carbocycles. The molecule has 18 heavy (non-hydrogen) atoms. The van der Waals surface area contributed by atoms with Crippen LogP contribution in [0.4, 0.5) is 5.69 Å². The maximum Gasteiger partial charge on any atom is 0.183 e. The highest BCUT2D eigenvalue weighted by Gasteiger charge is 2.10. The van der Waals surface area contributed by atoms with Crippen LogP contribution < -0.4 is 5.32 Å². The van der Waals surface area contributed by atoms with Crippen molar-refractivity contribution in [1.29, 1.82) is 0 Å². The molecule has 0 fully saturated rings. The zero-order chi connectivity index (χ0) is 13.0. The van der Waals surface area contributed by atoms with Crippen molar-refractivity contribution in [2.75, 3.05) is 19.0 Å². The molecule has 96 valence electrons. The summed E-state index contributed by atoms with van der Waals surface area (Å²) in [6.45, 7) is 4.62. The van der Waals surface area contributed by atoms with Crippen molar-refractivity contribution in [1.82, 2.24) is 15.2 Å². The van der Waals surface area contributed by atoms with E-state index >= 15 is 0 Å². The second kappa shape index (κ2) is 5.64. The van der Waals surface area contributed by atoms with Crippen LogP contribution in [0, 0.1) is 6.92 Å². The number of ether oxygens (including phenoxy) is 1. The summed E-state index contributed by atoms with van der Waals surface area (Å²) in [4.78, 5) is 4.36. The van der Waals surface area contributed by atoms with Crippen molar-refractivity contribution < 1.29 is 4.74 Å². The predicted molar refractivity (Wildman–Crippen MR) is 71.5 cm³/mol. The fourth-order valence-corrected chi connectivity index (χ4v) is 1.82. The van der Waals surface area contributed by atoms with Crippen molar-refractivity contribution in [2.24, 2.45) is 0 Å². The second-order valence-electron chi connectivity index (χ2n) is 4.29. The third kappa shape index (κ3) is 2.87. The van der Waals surface area contributed by atoms with E-state index in [1.165, 1.54) is 0 Å². The molecule has 1 aromatic heterocycles. The number of rotatable bonds is 5. The van der Waals surface area contributed by atoms with Gasteiger partial charge in [0.25, 0.3) is 0 Å². The molecular weight excluding hydrogens is 228 g/mol.